The normalized spacial score (nSPS) is 12.7. The van der Waals surface area contributed by atoms with Crippen LogP contribution in [0.1, 0.15) is 219 Å². The van der Waals surface area contributed by atoms with Crippen molar-refractivity contribution in [3.8, 4) is 0 Å². The second-order valence-electron chi connectivity index (χ2n) is 17.5. The molecule has 0 heterocycles. The predicted molar refractivity (Wildman–Crippen MR) is 258 cm³/mol. The van der Waals surface area contributed by atoms with Crippen molar-refractivity contribution in [1.82, 2.24) is 0 Å². The summed E-state index contributed by atoms with van der Waals surface area (Å²) < 4.78 is 22.0. The fourth-order valence-electron chi connectivity index (χ4n) is 7.83. The largest absolute Gasteiger partial charge is 2.00 e. The number of benzene rings is 2. The molecule has 11 heteroatoms. The van der Waals surface area contributed by atoms with E-state index in [1.54, 1.807) is 0 Å². The Morgan fingerprint density at radius 2 is 0.692 bits per heavy atom. The van der Waals surface area contributed by atoms with Gasteiger partial charge in [0.15, 0.2) is 0 Å². The summed E-state index contributed by atoms with van der Waals surface area (Å²) in [5.74, 6) is -3.86. The molecule has 0 fully saturated rings. The molecule has 4 atom stereocenters. The van der Waals surface area contributed by atoms with Crippen LogP contribution >= 0.6 is 0 Å². The molecule has 2 rings (SSSR count). The molecule has 0 N–H and O–H groups in total. The molecule has 0 spiro atoms. The number of carbonyl (C=O) groups is 4. The number of carboxylic acid groups (broad SMARTS) is 2. The summed E-state index contributed by atoms with van der Waals surface area (Å²) >= 11 is 0. The first-order valence-corrected chi connectivity index (χ1v) is 25.1. The third kappa shape index (κ3) is 38.5. The van der Waals surface area contributed by atoms with Crippen LogP contribution in [0.4, 0.5) is 0 Å². The average Bonchev–Trinajstić information content (AvgIpc) is 3.28. The summed E-state index contributed by atoms with van der Waals surface area (Å²) in [5.41, 5.74) is 2.26. The second kappa shape index (κ2) is 44.3. The Kier molecular flexibility index (Phi) is 42.8. The van der Waals surface area contributed by atoms with Crippen molar-refractivity contribution >= 4 is 72.8 Å². The minimum atomic E-state index is -1.34. The Labute approximate surface area is 434 Å². The van der Waals surface area contributed by atoms with Crippen LogP contribution < -0.4 is 10.2 Å². The zero-order valence-corrected chi connectivity index (χ0v) is 45.5. The molecule has 10 nitrogen and oxygen atoms in total. The Morgan fingerprint density at radius 3 is 0.969 bits per heavy atom. The minimum Gasteiger partial charge on any atom is -0.546 e. The van der Waals surface area contributed by atoms with E-state index in [-0.39, 0.29) is 73.9 Å². The zero-order chi connectivity index (χ0) is 46.9. The van der Waals surface area contributed by atoms with Crippen molar-refractivity contribution in [2.24, 2.45) is 0 Å². The third-order valence-electron chi connectivity index (χ3n) is 11.5. The third-order valence-corrected chi connectivity index (χ3v) is 11.5. The van der Waals surface area contributed by atoms with Gasteiger partial charge in [0.2, 0.25) is 0 Å². The number of carboxylic acids is 2. The molecule has 0 radical (unpaired) electrons. The second-order valence-corrected chi connectivity index (χ2v) is 17.5. The molecule has 0 aliphatic rings. The monoisotopic (exact) mass is 1030 g/mol. The number of ether oxygens (including phenoxy) is 4. The number of rotatable bonds is 40. The molecule has 0 aliphatic carbocycles. The summed E-state index contributed by atoms with van der Waals surface area (Å²) in [5, 5.41) is 22.3. The average molecular weight is 1030 g/mol. The fourth-order valence-corrected chi connectivity index (χ4v) is 7.83. The number of aliphatic carboxylic acids is 2. The van der Waals surface area contributed by atoms with E-state index in [1.165, 1.54) is 129 Å². The summed E-state index contributed by atoms with van der Waals surface area (Å²) in [7, 11) is 0. The Balaban J connectivity index is 0.00000124. The maximum Gasteiger partial charge on any atom is 2.00 e. The van der Waals surface area contributed by atoms with Crippen molar-refractivity contribution in [3.63, 3.8) is 0 Å². The van der Waals surface area contributed by atoms with Gasteiger partial charge in [0.25, 0.3) is 0 Å². The van der Waals surface area contributed by atoms with E-state index in [9.17, 15) is 29.4 Å². The summed E-state index contributed by atoms with van der Waals surface area (Å²) in [6.45, 7) is 8.03. The first-order valence-electron chi connectivity index (χ1n) is 25.1. The maximum atomic E-state index is 11.2. The van der Waals surface area contributed by atoms with E-state index < -0.39 is 36.1 Å². The number of hydrogen-bond acceptors (Lipinski definition) is 10. The van der Waals surface area contributed by atoms with Crippen LogP contribution in [0.25, 0.3) is 0 Å². The van der Waals surface area contributed by atoms with Crippen LogP contribution in [0.2, 0.25) is 0 Å². The molecule has 364 valence electrons. The van der Waals surface area contributed by atoms with Gasteiger partial charge in [-0.05, 0) is 62.5 Å². The Bertz CT molecular complexity index is 1320. The van der Waals surface area contributed by atoms with Crippen molar-refractivity contribution in [2.75, 3.05) is 0 Å². The van der Waals surface area contributed by atoms with Gasteiger partial charge in [-0.15, -0.1) is 0 Å². The van der Waals surface area contributed by atoms with Gasteiger partial charge in [0.1, 0.15) is 12.2 Å². The molecule has 0 aromatic heterocycles. The van der Waals surface area contributed by atoms with E-state index in [4.69, 9.17) is 18.9 Å². The van der Waals surface area contributed by atoms with E-state index in [0.29, 0.717) is 26.1 Å². The number of carbonyl (C=O) groups excluding carboxylic acids is 4. The van der Waals surface area contributed by atoms with Gasteiger partial charge in [0.05, 0.1) is 37.4 Å². The first kappa shape index (κ1) is 62.8. The summed E-state index contributed by atoms with van der Waals surface area (Å²) in [4.78, 5) is 44.5. The summed E-state index contributed by atoms with van der Waals surface area (Å²) in [6, 6.07) is 20.2. The number of esters is 2. The smallest absolute Gasteiger partial charge is 0.546 e. The molecule has 2 aromatic rings. The molecule has 0 bridgehead atoms. The Morgan fingerprint density at radius 1 is 0.415 bits per heavy atom. The first-order chi connectivity index (χ1) is 31.0. The molecular weight excluding hydrogens is 946 g/mol. The molecule has 0 saturated heterocycles. The topological polar surface area (TPSA) is 151 Å². The number of unbranched alkanes of at least 4 members (excludes halogenated alkanes) is 18. The predicted octanol–water partition coefficient (Wildman–Crippen LogP) is 11.1. The van der Waals surface area contributed by atoms with Crippen LogP contribution in [0, 0.1) is 0 Å². The quantitative estimate of drug-likeness (QED) is 0.0358. The van der Waals surface area contributed by atoms with Crippen LogP contribution in [0.3, 0.4) is 0 Å². The van der Waals surface area contributed by atoms with Crippen molar-refractivity contribution in [3.05, 3.63) is 71.8 Å². The van der Waals surface area contributed by atoms with Gasteiger partial charge in [-0.1, -0.05) is 203 Å². The van der Waals surface area contributed by atoms with Gasteiger partial charge in [-0.3, -0.25) is 9.59 Å². The molecule has 0 amide bonds. The zero-order valence-electron chi connectivity index (χ0n) is 41.1. The van der Waals surface area contributed by atoms with Crippen LogP contribution in [0.15, 0.2) is 60.7 Å². The molecular formula is C54H86BaO10. The van der Waals surface area contributed by atoms with Gasteiger partial charge < -0.3 is 38.7 Å². The fraction of sp³-hybridized carbons (Fsp3) is 0.704. The van der Waals surface area contributed by atoms with E-state index in [1.807, 2.05) is 60.7 Å². The molecule has 2 aromatic carbocycles. The van der Waals surface area contributed by atoms with Crippen molar-refractivity contribution in [2.45, 2.75) is 245 Å². The van der Waals surface area contributed by atoms with E-state index in [0.717, 1.165) is 49.7 Å². The van der Waals surface area contributed by atoms with Crippen molar-refractivity contribution in [1.29, 1.82) is 0 Å². The molecule has 0 aliphatic heterocycles. The summed E-state index contributed by atoms with van der Waals surface area (Å²) in [6.07, 6.45) is 28.8. The number of hydrogen-bond donors (Lipinski definition) is 0. The van der Waals surface area contributed by atoms with Gasteiger partial charge in [0, 0.05) is 13.8 Å². The van der Waals surface area contributed by atoms with Gasteiger partial charge >= 0.3 is 60.8 Å². The van der Waals surface area contributed by atoms with E-state index >= 15 is 0 Å². The van der Waals surface area contributed by atoms with Crippen molar-refractivity contribution < 1.29 is 48.3 Å². The standard InChI is InChI=1S/2C27H44O5.Ba/c2*1-3-4-5-6-7-8-9-10-11-15-19-25(31-22-24-17-13-12-14-18-24)20-16-21-26(27(29)30)32-23(2)28;/h2*12-14,17-18,25-26H,3-11,15-16,19-22H2,1-2H3,(H,29,30);/q;;+2/p-2. The van der Waals surface area contributed by atoms with Crippen LogP contribution in [-0.4, -0.2) is 97.2 Å². The Hall–Kier alpha value is -2.19. The van der Waals surface area contributed by atoms with Crippen LogP contribution in [0.5, 0.6) is 0 Å². The van der Waals surface area contributed by atoms with Crippen LogP contribution in [-0.2, 0) is 51.3 Å². The van der Waals surface area contributed by atoms with Gasteiger partial charge in [-0.25, -0.2) is 0 Å². The van der Waals surface area contributed by atoms with E-state index in [2.05, 4.69) is 13.8 Å². The molecule has 65 heavy (non-hydrogen) atoms. The SMILES string of the molecule is CCCCCCCCCCCCC(CCCC(OC(C)=O)C(=O)[O-])OCc1ccccc1.CCCCCCCCCCCCC(CCCC(OC(C)=O)C(=O)[O-])OCc1ccccc1.[Ba+2]. The minimum absolute atomic E-state index is 0. The maximum absolute atomic E-state index is 11.2. The van der Waals surface area contributed by atoms with Gasteiger partial charge in [-0.2, -0.15) is 0 Å². The molecule has 0 saturated carbocycles. The molecule has 4 unspecified atom stereocenters.